The Kier molecular flexibility index (Phi) is 5.99. The Labute approximate surface area is 196 Å². The first-order valence-electron chi connectivity index (χ1n) is 11.3. The van der Waals surface area contributed by atoms with E-state index in [0.717, 1.165) is 24.3 Å². The molecular weight excluding hydrogens is 438 g/mol. The lowest BCUT2D eigenvalue weighted by Crippen LogP contribution is -2.50. The van der Waals surface area contributed by atoms with Gasteiger partial charge in [-0.3, -0.25) is 23.7 Å². The summed E-state index contributed by atoms with van der Waals surface area (Å²) < 4.78 is 1.55. The number of hydrogen-bond donors (Lipinski definition) is 0. The van der Waals surface area contributed by atoms with Crippen LogP contribution in [-0.2, 0) is 16.1 Å². The van der Waals surface area contributed by atoms with Crippen molar-refractivity contribution in [1.29, 1.82) is 0 Å². The number of likely N-dealkylation sites (tertiary alicyclic amines) is 1. The normalized spacial score (nSPS) is 20.5. The molecule has 0 radical (unpaired) electrons. The van der Waals surface area contributed by atoms with Crippen LogP contribution in [-0.4, -0.2) is 68.6 Å². The summed E-state index contributed by atoms with van der Waals surface area (Å²) in [7, 11) is 0. The van der Waals surface area contributed by atoms with Crippen LogP contribution in [0.4, 0.5) is 0 Å². The zero-order valence-corrected chi connectivity index (χ0v) is 19.4. The first-order chi connectivity index (χ1) is 16.0. The number of carbonyl (C=O) groups is 2. The minimum atomic E-state index is -0.279. The minimum absolute atomic E-state index is 0.0365. The van der Waals surface area contributed by atoms with Gasteiger partial charge in [-0.05, 0) is 12.5 Å². The molecule has 2 atom stereocenters. The molecule has 1 aromatic carbocycles. The van der Waals surface area contributed by atoms with Crippen LogP contribution in [0.5, 0.6) is 0 Å². The molecule has 0 N–H and O–H groups in total. The summed E-state index contributed by atoms with van der Waals surface area (Å²) in [5.41, 5.74) is 1.78. The fourth-order valence-corrected chi connectivity index (χ4v) is 5.50. The van der Waals surface area contributed by atoms with Gasteiger partial charge < -0.3 is 9.80 Å². The number of carbonyl (C=O) groups excluding carboxylic acids is 2. The maximum atomic E-state index is 13.2. The molecule has 2 aromatic heterocycles. The molecule has 0 saturated carbocycles. The molecule has 33 heavy (non-hydrogen) atoms. The Morgan fingerprint density at radius 2 is 1.91 bits per heavy atom. The molecule has 3 aromatic rings. The third kappa shape index (κ3) is 4.43. The number of piperazine rings is 1. The predicted octanol–water partition coefficient (Wildman–Crippen LogP) is 2.01. The smallest absolute Gasteiger partial charge is 0.258 e. The molecule has 8 nitrogen and oxygen atoms in total. The van der Waals surface area contributed by atoms with Crippen molar-refractivity contribution in [2.45, 2.75) is 25.9 Å². The van der Waals surface area contributed by atoms with E-state index in [0.29, 0.717) is 31.1 Å². The molecule has 0 unspecified atom stereocenters. The van der Waals surface area contributed by atoms with Gasteiger partial charge in [0.2, 0.25) is 11.8 Å². The number of rotatable bonds is 5. The van der Waals surface area contributed by atoms with Crippen LogP contribution in [0.1, 0.15) is 30.6 Å². The number of benzene rings is 1. The van der Waals surface area contributed by atoms with Gasteiger partial charge in [0.15, 0.2) is 4.96 Å². The van der Waals surface area contributed by atoms with Crippen LogP contribution in [0.2, 0.25) is 0 Å². The van der Waals surface area contributed by atoms with Crippen molar-refractivity contribution < 1.29 is 9.59 Å². The second kappa shape index (κ2) is 9.07. The third-order valence-electron chi connectivity index (χ3n) is 6.68. The monoisotopic (exact) mass is 465 g/mol. The highest BCUT2D eigenvalue weighted by Crippen LogP contribution is 2.29. The predicted molar refractivity (Wildman–Crippen MR) is 126 cm³/mol. The minimum Gasteiger partial charge on any atom is -0.340 e. The van der Waals surface area contributed by atoms with Crippen molar-refractivity contribution in [3.8, 4) is 0 Å². The van der Waals surface area contributed by atoms with Gasteiger partial charge in [-0.2, -0.15) is 0 Å². The van der Waals surface area contributed by atoms with E-state index < -0.39 is 0 Å². The fraction of sp³-hybridized carbons (Fsp3) is 0.417. The molecule has 172 valence electrons. The number of fused-ring (bicyclic) bond motifs is 1. The van der Waals surface area contributed by atoms with Gasteiger partial charge >= 0.3 is 0 Å². The topological polar surface area (TPSA) is 78.2 Å². The summed E-state index contributed by atoms with van der Waals surface area (Å²) in [5.74, 6) is -0.162. The highest BCUT2D eigenvalue weighted by Gasteiger charge is 2.39. The zero-order valence-electron chi connectivity index (χ0n) is 18.6. The molecule has 2 fully saturated rings. The number of nitrogens with zero attached hydrogens (tertiary/aromatic N) is 5. The van der Waals surface area contributed by atoms with Crippen molar-refractivity contribution in [2.75, 3.05) is 32.7 Å². The van der Waals surface area contributed by atoms with Gasteiger partial charge in [0.1, 0.15) is 0 Å². The molecule has 0 bridgehead atoms. The van der Waals surface area contributed by atoms with E-state index in [2.05, 4.69) is 9.88 Å². The van der Waals surface area contributed by atoms with Crippen molar-refractivity contribution in [2.24, 2.45) is 5.92 Å². The number of aromatic nitrogens is 2. The fourth-order valence-electron chi connectivity index (χ4n) is 4.77. The number of amides is 2. The molecular formula is C24H27N5O3S. The molecule has 5 rings (SSSR count). The van der Waals surface area contributed by atoms with Crippen LogP contribution in [0, 0.1) is 5.92 Å². The molecule has 2 aliphatic rings. The van der Waals surface area contributed by atoms with Gasteiger partial charge in [0.25, 0.3) is 5.56 Å². The van der Waals surface area contributed by atoms with Gasteiger partial charge in [-0.25, -0.2) is 4.98 Å². The lowest BCUT2D eigenvalue weighted by molar-refractivity contribution is -0.137. The second-order valence-corrected chi connectivity index (χ2v) is 9.65. The Hall–Kier alpha value is -3.04. The van der Waals surface area contributed by atoms with Crippen molar-refractivity contribution >= 4 is 28.1 Å². The summed E-state index contributed by atoms with van der Waals surface area (Å²) in [5, 5.41) is 1.85. The van der Waals surface area contributed by atoms with Crippen LogP contribution < -0.4 is 5.56 Å². The van der Waals surface area contributed by atoms with E-state index in [1.54, 1.807) is 16.7 Å². The highest BCUT2D eigenvalue weighted by atomic mass is 32.1. The van der Waals surface area contributed by atoms with Gasteiger partial charge in [-0.15, -0.1) is 11.3 Å². The zero-order chi connectivity index (χ0) is 22.9. The summed E-state index contributed by atoms with van der Waals surface area (Å²) in [6.45, 7) is 5.78. The summed E-state index contributed by atoms with van der Waals surface area (Å²) >= 11 is 1.45. The van der Waals surface area contributed by atoms with E-state index in [4.69, 9.17) is 0 Å². The van der Waals surface area contributed by atoms with E-state index in [-0.39, 0.29) is 35.8 Å². The average Bonchev–Trinajstić information content (AvgIpc) is 3.46. The standard InChI is InChI=1S/C24H27N5O3S/c1-17(18-5-3-2-4-6-18)29-15-19(13-21(29)30)23(32)27-9-7-26(8-10-27)16-20-14-22(31)28-11-12-33-24(28)25-20/h2-6,11-12,14,17,19H,7-10,13,15-16H2,1H3/t17-,19+/m1/s1. The maximum Gasteiger partial charge on any atom is 0.258 e. The lowest BCUT2D eigenvalue weighted by Gasteiger charge is -2.35. The highest BCUT2D eigenvalue weighted by molar-refractivity contribution is 7.15. The van der Waals surface area contributed by atoms with Crippen LogP contribution in [0.15, 0.2) is 52.8 Å². The van der Waals surface area contributed by atoms with E-state index in [9.17, 15) is 14.4 Å². The van der Waals surface area contributed by atoms with Crippen molar-refractivity contribution in [3.05, 3.63) is 69.6 Å². The molecule has 2 amide bonds. The van der Waals surface area contributed by atoms with Crippen molar-refractivity contribution in [3.63, 3.8) is 0 Å². The van der Waals surface area contributed by atoms with E-state index in [1.807, 2.05) is 52.4 Å². The quantitative estimate of drug-likeness (QED) is 0.576. The Morgan fingerprint density at radius 3 is 2.67 bits per heavy atom. The second-order valence-electron chi connectivity index (χ2n) is 8.78. The molecule has 9 heteroatoms. The van der Waals surface area contributed by atoms with Crippen LogP contribution in [0.25, 0.3) is 4.96 Å². The van der Waals surface area contributed by atoms with Gasteiger partial charge in [0, 0.05) is 63.3 Å². The molecule has 0 spiro atoms. The number of thiazole rings is 1. The third-order valence-corrected chi connectivity index (χ3v) is 7.44. The van der Waals surface area contributed by atoms with Crippen LogP contribution >= 0.6 is 11.3 Å². The maximum absolute atomic E-state index is 13.2. The molecule has 4 heterocycles. The van der Waals surface area contributed by atoms with E-state index >= 15 is 0 Å². The largest absolute Gasteiger partial charge is 0.340 e. The first-order valence-corrected chi connectivity index (χ1v) is 12.2. The first kappa shape index (κ1) is 21.8. The van der Waals surface area contributed by atoms with Gasteiger partial charge in [-0.1, -0.05) is 30.3 Å². The summed E-state index contributed by atoms with van der Waals surface area (Å²) in [4.78, 5) is 49.2. The van der Waals surface area contributed by atoms with Gasteiger partial charge in [0.05, 0.1) is 17.7 Å². The average molecular weight is 466 g/mol. The SMILES string of the molecule is C[C@H](c1ccccc1)N1C[C@@H](C(=O)N2CCN(Cc3cc(=O)n4ccsc4n3)CC2)CC1=O. The Balaban J connectivity index is 1.17. The molecule has 0 aliphatic carbocycles. The number of hydrogen-bond acceptors (Lipinski definition) is 6. The van der Waals surface area contributed by atoms with Crippen molar-refractivity contribution in [1.82, 2.24) is 24.1 Å². The lowest BCUT2D eigenvalue weighted by atomic mass is 10.1. The Bertz CT molecular complexity index is 1220. The van der Waals surface area contributed by atoms with Crippen LogP contribution in [0.3, 0.4) is 0 Å². The summed E-state index contributed by atoms with van der Waals surface area (Å²) in [6.07, 6.45) is 2.02. The summed E-state index contributed by atoms with van der Waals surface area (Å²) in [6, 6.07) is 11.5. The molecule has 2 aliphatic heterocycles. The van der Waals surface area contributed by atoms with E-state index in [1.165, 1.54) is 11.3 Å². The Morgan fingerprint density at radius 1 is 1.15 bits per heavy atom. The molecule has 2 saturated heterocycles.